The van der Waals surface area contributed by atoms with Crippen molar-refractivity contribution in [1.29, 1.82) is 0 Å². The molecule has 1 aromatic carbocycles. The van der Waals surface area contributed by atoms with Crippen molar-refractivity contribution in [3.63, 3.8) is 0 Å². The highest BCUT2D eigenvalue weighted by molar-refractivity contribution is 7.92. The molecule has 2 heterocycles. The maximum Gasteiger partial charge on any atom is 0.233 e. The van der Waals surface area contributed by atoms with Crippen LogP contribution in [-0.2, 0) is 32.6 Å². The van der Waals surface area contributed by atoms with Crippen molar-refractivity contribution in [3.05, 3.63) is 47.3 Å². The summed E-state index contributed by atoms with van der Waals surface area (Å²) < 4.78 is 52.1. The quantitative estimate of drug-likeness (QED) is 0.288. The summed E-state index contributed by atoms with van der Waals surface area (Å²) in [7, 11) is 1.40. The Kier molecular flexibility index (Phi) is 9.04. The van der Waals surface area contributed by atoms with E-state index in [-0.39, 0.29) is 42.8 Å². The number of aromatic nitrogens is 1. The molecule has 11 heteroatoms. The van der Waals surface area contributed by atoms with E-state index in [1.165, 1.54) is 21.3 Å². The number of carbonyl (C=O) groups is 1. The zero-order valence-electron chi connectivity index (χ0n) is 21.3. The number of hydrogen-bond donors (Lipinski definition) is 1. The first-order valence-electron chi connectivity index (χ1n) is 11.7. The molecule has 0 fully saturated rings. The number of aryl methyl sites for hydroxylation is 1. The summed E-state index contributed by atoms with van der Waals surface area (Å²) in [5.74, 6) is 0.305. The second-order valence-corrected chi connectivity index (χ2v) is 10.6. The molecule has 0 unspecified atom stereocenters. The van der Waals surface area contributed by atoms with Gasteiger partial charge in [-0.05, 0) is 55.8 Å². The van der Waals surface area contributed by atoms with E-state index >= 15 is 0 Å². The Labute approximate surface area is 211 Å². The number of amides is 1. The van der Waals surface area contributed by atoms with Crippen LogP contribution in [0.15, 0.2) is 34.7 Å². The van der Waals surface area contributed by atoms with Gasteiger partial charge in [0.25, 0.3) is 0 Å². The van der Waals surface area contributed by atoms with Gasteiger partial charge >= 0.3 is 0 Å². The monoisotopic (exact) mass is 520 g/mol. The largest absolute Gasteiger partial charge is 0.437 e. The van der Waals surface area contributed by atoms with Crippen LogP contribution >= 0.6 is 0 Å². The molecule has 196 valence electrons. The molecule has 0 radical (unpaired) electrons. The molecule has 1 amide bonds. The molecule has 0 saturated heterocycles. The van der Waals surface area contributed by atoms with Gasteiger partial charge in [0, 0.05) is 43.6 Å². The Bertz CT molecular complexity index is 1310. The smallest absolute Gasteiger partial charge is 0.233 e. The summed E-state index contributed by atoms with van der Waals surface area (Å²) in [6.45, 7) is 2.55. The van der Waals surface area contributed by atoms with Crippen LogP contribution in [-0.4, -0.2) is 64.9 Å². The summed E-state index contributed by atoms with van der Waals surface area (Å²) >= 11 is 0. The lowest BCUT2D eigenvalue weighted by Gasteiger charge is -2.23. The number of carbonyl (C=O) groups excluding carboxylic acids is 1. The van der Waals surface area contributed by atoms with Gasteiger partial charge in [0.2, 0.25) is 21.6 Å². The van der Waals surface area contributed by atoms with Crippen LogP contribution in [0.3, 0.4) is 0 Å². The maximum absolute atomic E-state index is 13.5. The molecule has 3 aromatic rings. The summed E-state index contributed by atoms with van der Waals surface area (Å²) in [5, 5.41) is 3.62. The van der Waals surface area contributed by atoms with Crippen LogP contribution in [0.2, 0.25) is 0 Å². The van der Waals surface area contributed by atoms with Crippen LogP contribution in [0.4, 0.5) is 10.2 Å². The standard InChI is InChI=1S/C25H33FN4O5S/c1-6-17-14-20-21(15-34-16-27-2)23(18-9-11-19(26)12-10-18)35-25(20)28-24(17)30(36(5,32)33)13-7-8-22(31)29(3)4/h9-12,14,27H,6-8,13,15-16H2,1-5H3. The van der Waals surface area contributed by atoms with Gasteiger partial charge in [0.05, 0.1) is 19.6 Å². The summed E-state index contributed by atoms with van der Waals surface area (Å²) in [6, 6.07) is 7.78. The number of benzene rings is 1. The number of anilines is 1. The van der Waals surface area contributed by atoms with Gasteiger partial charge in [0.15, 0.2) is 0 Å². The Morgan fingerprint density at radius 2 is 1.92 bits per heavy atom. The van der Waals surface area contributed by atoms with E-state index in [2.05, 4.69) is 10.3 Å². The lowest BCUT2D eigenvalue weighted by molar-refractivity contribution is -0.128. The highest BCUT2D eigenvalue weighted by Crippen LogP contribution is 2.36. The van der Waals surface area contributed by atoms with Crippen molar-refractivity contribution >= 4 is 32.8 Å². The molecule has 0 aliphatic rings. The van der Waals surface area contributed by atoms with E-state index in [1.54, 1.807) is 33.3 Å². The van der Waals surface area contributed by atoms with E-state index in [9.17, 15) is 17.6 Å². The number of pyridine rings is 1. The third-order valence-electron chi connectivity index (χ3n) is 5.71. The van der Waals surface area contributed by atoms with Crippen LogP contribution in [0.25, 0.3) is 22.4 Å². The first-order chi connectivity index (χ1) is 17.1. The molecular weight excluding hydrogens is 487 g/mol. The Hall–Kier alpha value is -3.02. The molecule has 9 nitrogen and oxygen atoms in total. The number of sulfonamides is 1. The lowest BCUT2D eigenvalue weighted by Crippen LogP contribution is -2.33. The Morgan fingerprint density at radius 3 is 2.50 bits per heavy atom. The second-order valence-electron chi connectivity index (χ2n) is 8.67. The van der Waals surface area contributed by atoms with Crippen molar-refractivity contribution in [2.75, 3.05) is 45.0 Å². The third kappa shape index (κ3) is 6.40. The number of fused-ring (bicyclic) bond motifs is 1. The topological polar surface area (TPSA) is 105 Å². The molecule has 0 bridgehead atoms. The number of nitrogens with zero attached hydrogens (tertiary/aromatic N) is 3. The van der Waals surface area contributed by atoms with Crippen LogP contribution < -0.4 is 9.62 Å². The third-order valence-corrected chi connectivity index (χ3v) is 6.87. The molecule has 3 rings (SSSR count). The number of ether oxygens (including phenoxy) is 1. The van der Waals surface area contributed by atoms with Gasteiger partial charge in [-0.2, -0.15) is 4.98 Å². The minimum Gasteiger partial charge on any atom is -0.437 e. The molecule has 0 aliphatic carbocycles. The summed E-state index contributed by atoms with van der Waals surface area (Å²) in [4.78, 5) is 18.1. The Balaban J connectivity index is 2.10. The van der Waals surface area contributed by atoms with Crippen molar-refractivity contribution in [1.82, 2.24) is 15.2 Å². The van der Waals surface area contributed by atoms with E-state index < -0.39 is 10.0 Å². The van der Waals surface area contributed by atoms with Crippen molar-refractivity contribution in [3.8, 4) is 11.3 Å². The first-order valence-corrected chi connectivity index (χ1v) is 13.5. The SMILES string of the molecule is CCc1cc2c(COCNC)c(-c3ccc(F)cc3)oc2nc1N(CCCC(=O)N(C)C)S(C)(=O)=O. The molecule has 0 spiro atoms. The van der Waals surface area contributed by atoms with Crippen LogP contribution in [0, 0.1) is 5.82 Å². The second kappa shape index (κ2) is 11.8. The minimum absolute atomic E-state index is 0.0798. The predicted octanol–water partition coefficient (Wildman–Crippen LogP) is 3.52. The van der Waals surface area contributed by atoms with Crippen LogP contribution in [0.1, 0.15) is 30.9 Å². The predicted molar refractivity (Wildman–Crippen MR) is 138 cm³/mol. The van der Waals surface area contributed by atoms with E-state index in [0.717, 1.165) is 11.8 Å². The number of rotatable bonds is 12. The summed E-state index contributed by atoms with van der Waals surface area (Å²) in [5.41, 5.74) is 2.36. The van der Waals surface area contributed by atoms with Crippen molar-refractivity contribution < 1.29 is 26.8 Å². The fourth-order valence-corrected chi connectivity index (χ4v) is 4.77. The lowest BCUT2D eigenvalue weighted by atomic mass is 10.0. The van der Waals surface area contributed by atoms with E-state index in [1.807, 2.05) is 13.0 Å². The number of nitrogens with one attached hydrogen (secondary N) is 1. The van der Waals surface area contributed by atoms with Crippen molar-refractivity contribution in [2.45, 2.75) is 32.8 Å². The first kappa shape index (κ1) is 27.6. The fourth-order valence-electron chi connectivity index (χ4n) is 3.84. The van der Waals surface area contributed by atoms with Gasteiger partial charge in [-0.25, -0.2) is 12.8 Å². The molecule has 1 N–H and O–H groups in total. The molecular formula is C25H33FN4O5S. The maximum atomic E-state index is 13.5. The Morgan fingerprint density at radius 1 is 1.22 bits per heavy atom. The molecule has 36 heavy (non-hydrogen) atoms. The zero-order valence-corrected chi connectivity index (χ0v) is 22.1. The fraction of sp³-hybridized carbons (Fsp3) is 0.440. The summed E-state index contributed by atoms with van der Waals surface area (Å²) in [6.07, 6.45) is 2.20. The van der Waals surface area contributed by atoms with E-state index in [0.29, 0.717) is 41.8 Å². The number of halogens is 1. The van der Waals surface area contributed by atoms with Crippen LogP contribution in [0.5, 0.6) is 0 Å². The number of furan rings is 1. The molecule has 2 aromatic heterocycles. The van der Waals surface area contributed by atoms with Gasteiger partial charge in [-0.3, -0.25) is 14.4 Å². The highest BCUT2D eigenvalue weighted by Gasteiger charge is 2.25. The average molecular weight is 521 g/mol. The molecule has 0 saturated carbocycles. The molecule has 0 atom stereocenters. The molecule has 0 aliphatic heterocycles. The highest BCUT2D eigenvalue weighted by atomic mass is 32.2. The van der Waals surface area contributed by atoms with E-state index in [4.69, 9.17) is 9.15 Å². The van der Waals surface area contributed by atoms with Gasteiger partial charge in [-0.15, -0.1) is 0 Å². The number of hydrogen-bond acceptors (Lipinski definition) is 7. The van der Waals surface area contributed by atoms with Gasteiger partial charge < -0.3 is 14.1 Å². The average Bonchev–Trinajstić information content (AvgIpc) is 3.18. The zero-order chi connectivity index (χ0) is 26.5. The van der Waals surface area contributed by atoms with Crippen molar-refractivity contribution in [2.24, 2.45) is 0 Å². The normalized spacial score (nSPS) is 11.7. The van der Waals surface area contributed by atoms with Gasteiger partial charge in [-0.1, -0.05) is 6.92 Å². The van der Waals surface area contributed by atoms with Gasteiger partial charge in [0.1, 0.15) is 17.4 Å². The minimum atomic E-state index is -3.69.